The van der Waals surface area contributed by atoms with Gasteiger partial charge in [-0.3, -0.25) is 14.4 Å². The van der Waals surface area contributed by atoms with Crippen LogP contribution in [-0.2, 0) is 9.59 Å². The summed E-state index contributed by atoms with van der Waals surface area (Å²) in [6, 6.07) is 7.36. The summed E-state index contributed by atoms with van der Waals surface area (Å²) >= 11 is 0. The molecule has 0 saturated carbocycles. The number of hydrogen-bond donors (Lipinski definition) is 1. The van der Waals surface area contributed by atoms with E-state index in [9.17, 15) is 27.6 Å². The molecule has 1 aromatic carbocycles. The summed E-state index contributed by atoms with van der Waals surface area (Å²) in [6.45, 7) is 5.50. The highest BCUT2D eigenvalue weighted by Gasteiger charge is 2.71. The number of Topliss-reactive ketones (excluding diaryl/α,β-unsaturated/α-hetero) is 1. The predicted octanol–water partition coefficient (Wildman–Crippen LogP) is 4.00. The lowest BCUT2D eigenvalue weighted by Crippen LogP contribution is -2.66. The number of alkyl halides is 3. The van der Waals surface area contributed by atoms with E-state index in [0.717, 1.165) is 4.90 Å². The number of amides is 2. The van der Waals surface area contributed by atoms with Gasteiger partial charge in [-0.05, 0) is 30.4 Å². The summed E-state index contributed by atoms with van der Waals surface area (Å²) in [6.07, 6.45) is -3.99. The number of hydrogen-bond acceptors (Lipinski definition) is 3. The number of halogens is 3. The van der Waals surface area contributed by atoms with Crippen LogP contribution in [0.15, 0.2) is 41.6 Å². The molecule has 0 unspecified atom stereocenters. The van der Waals surface area contributed by atoms with Gasteiger partial charge in [0.15, 0.2) is 5.78 Å². The average molecular weight is 422 g/mol. The highest BCUT2D eigenvalue weighted by molar-refractivity contribution is 6.14. The number of benzene rings is 1. The summed E-state index contributed by atoms with van der Waals surface area (Å²) < 4.78 is 43.6. The van der Waals surface area contributed by atoms with Crippen molar-refractivity contribution in [1.82, 2.24) is 10.2 Å². The van der Waals surface area contributed by atoms with Gasteiger partial charge in [0.2, 0.25) is 5.54 Å². The molecule has 162 valence electrons. The second kappa shape index (κ2) is 7.56. The van der Waals surface area contributed by atoms with Crippen molar-refractivity contribution in [3.63, 3.8) is 0 Å². The van der Waals surface area contributed by atoms with Crippen molar-refractivity contribution >= 4 is 17.6 Å². The molecule has 0 radical (unpaired) electrons. The first-order chi connectivity index (χ1) is 13.9. The first kappa shape index (κ1) is 22.1. The molecular weight excluding hydrogens is 397 g/mol. The molecule has 3 rings (SSSR count). The molecule has 8 heteroatoms. The highest BCUT2D eigenvalue weighted by Crippen LogP contribution is 2.51. The van der Waals surface area contributed by atoms with E-state index in [1.807, 2.05) is 12.2 Å². The number of ketones is 1. The second-order valence-corrected chi connectivity index (χ2v) is 8.64. The van der Waals surface area contributed by atoms with Crippen LogP contribution in [0.25, 0.3) is 0 Å². The van der Waals surface area contributed by atoms with E-state index in [2.05, 4.69) is 0 Å². The van der Waals surface area contributed by atoms with E-state index in [1.165, 1.54) is 24.3 Å². The smallest absolute Gasteiger partial charge is 0.326 e. The van der Waals surface area contributed by atoms with Crippen LogP contribution in [0.4, 0.5) is 13.2 Å². The predicted molar refractivity (Wildman–Crippen MR) is 104 cm³/mol. The van der Waals surface area contributed by atoms with Crippen molar-refractivity contribution in [1.29, 1.82) is 0 Å². The molecule has 1 heterocycles. The molecule has 0 aromatic heterocycles. The summed E-state index contributed by atoms with van der Waals surface area (Å²) in [5, 5.41) is 1.93. The molecule has 0 fully saturated rings. The molecule has 0 bridgehead atoms. The Labute approximate surface area is 173 Å². The van der Waals surface area contributed by atoms with E-state index in [0.29, 0.717) is 12.8 Å². The highest BCUT2D eigenvalue weighted by atomic mass is 19.4. The van der Waals surface area contributed by atoms with Crippen LogP contribution in [0.3, 0.4) is 0 Å². The number of nitrogens with zero attached hydrogens (tertiary/aromatic N) is 1. The summed E-state index contributed by atoms with van der Waals surface area (Å²) in [7, 11) is 0. The van der Waals surface area contributed by atoms with Gasteiger partial charge >= 0.3 is 6.18 Å². The molecule has 1 aliphatic carbocycles. The van der Waals surface area contributed by atoms with Gasteiger partial charge in [0, 0.05) is 24.2 Å². The zero-order chi connectivity index (χ0) is 22.3. The van der Waals surface area contributed by atoms with Crippen LogP contribution in [0, 0.1) is 5.41 Å². The van der Waals surface area contributed by atoms with Crippen molar-refractivity contribution in [2.24, 2.45) is 5.41 Å². The molecule has 0 spiro atoms. The van der Waals surface area contributed by atoms with Gasteiger partial charge in [0.25, 0.3) is 11.8 Å². The maximum atomic E-state index is 14.5. The fourth-order valence-corrected chi connectivity index (χ4v) is 4.21. The topological polar surface area (TPSA) is 66.5 Å². The Hall–Kier alpha value is -2.64. The van der Waals surface area contributed by atoms with Crippen molar-refractivity contribution in [2.45, 2.75) is 58.2 Å². The number of nitrogens with one attached hydrogen (secondary N) is 1. The number of rotatable bonds is 5. The molecule has 2 amide bonds. The van der Waals surface area contributed by atoms with Gasteiger partial charge in [0.1, 0.15) is 0 Å². The molecule has 30 heavy (non-hydrogen) atoms. The average Bonchev–Trinajstić information content (AvgIpc) is 2.88. The first-order valence-corrected chi connectivity index (χ1v) is 9.97. The van der Waals surface area contributed by atoms with Crippen LogP contribution in [0.2, 0.25) is 0 Å². The zero-order valence-corrected chi connectivity index (χ0v) is 17.2. The molecule has 1 aliphatic heterocycles. The Morgan fingerprint density at radius 2 is 1.77 bits per heavy atom. The minimum Gasteiger partial charge on any atom is -0.326 e. The maximum absolute atomic E-state index is 14.5. The Balaban J connectivity index is 2.18. The third-order valence-electron chi connectivity index (χ3n) is 5.62. The number of allylic oxidation sites excluding steroid dienone is 1. The van der Waals surface area contributed by atoms with E-state index < -0.39 is 40.3 Å². The number of carbonyl (C=O) groups excluding carboxylic acids is 3. The third-order valence-corrected chi connectivity index (χ3v) is 5.62. The molecule has 1 atom stereocenters. The Kier molecular flexibility index (Phi) is 5.56. The van der Waals surface area contributed by atoms with E-state index >= 15 is 0 Å². The maximum Gasteiger partial charge on any atom is 0.425 e. The van der Waals surface area contributed by atoms with Gasteiger partial charge in [-0.2, -0.15) is 13.2 Å². The quantitative estimate of drug-likeness (QED) is 0.780. The normalized spacial score (nSPS) is 23.6. The van der Waals surface area contributed by atoms with Crippen LogP contribution >= 0.6 is 0 Å². The minimum atomic E-state index is -5.17. The van der Waals surface area contributed by atoms with Crippen LogP contribution < -0.4 is 5.32 Å². The Bertz CT molecular complexity index is 906. The lowest BCUT2D eigenvalue weighted by atomic mass is 9.72. The van der Waals surface area contributed by atoms with E-state index in [1.54, 1.807) is 19.9 Å². The number of carbonyl (C=O) groups is 3. The zero-order valence-electron chi connectivity index (χ0n) is 17.2. The third kappa shape index (κ3) is 3.52. The van der Waals surface area contributed by atoms with E-state index in [4.69, 9.17) is 0 Å². The molecule has 5 nitrogen and oxygen atoms in total. The van der Waals surface area contributed by atoms with Gasteiger partial charge < -0.3 is 10.2 Å². The van der Waals surface area contributed by atoms with Gasteiger partial charge in [-0.15, -0.1) is 0 Å². The lowest BCUT2D eigenvalue weighted by Gasteiger charge is -2.35. The lowest BCUT2D eigenvalue weighted by molar-refractivity contribution is -0.190. The SMILES string of the molecule is CCCCN1C(=O)[C@](NC(=O)c2ccccc2)(C(F)(F)F)C2=C1CC(C)(C)CC2=O. The first-order valence-electron chi connectivity index (χ1n) is 9.97. The summed E-state index contributed by atoms with van der Waals surface area (Å²) in [5.74, 6) is -3.11. The fraction of sp³-hybridized carbons (Fsp3) is 0.500. The fourth-order valence-electron chi connectivity index (χ4n) is 4.21. The van der Waals surface area contributed by atoms with Crippen molar-refractivity contribution in [2.75, 3.05) is 6.54 Å². The standard InChI is InChI=1S/C22H25F3N2O3/c1-4-5-11-27-15-12-20(2,3)13-16(28)17(15)21(19(27)30,22(23,24)25)26-18(29)14-9-7-6-8-10-14/h6-10H,4-5,11-13H2,1-3H3,(H,26,29)/t21-/m0/s1. The minimum absolute atomic E-state index is 0.0216. The van der Waals surface area contributed by atoms with Crippen molar-refractivity contribution in [3.8, 4) is 0 Å². The van der Waals surface area contributed by atoms with Crippen LogP contribution in [0.5, 0.6) is 0 Å². The molecular formula is C22H25F3N2O3. The van der Waals surface area contributed by atoms with Crippen molar-refractivity contribution in [3.05, 3.63) is 47.2 Å². The van der Waals surface area contributed by atoms with Crippen molar-refractivity contribution < 1.29 is 27.6 Å². The molecule has 1 aromatic rings. The Morgan fingerprint density at radius 3 is 2.33 bits per heavy atom. The van der Waals surface area contributed by atoms with E-state index in [-0.39, 0.29) is 30.6 Å². The van der Waals surface area contributed by atoms with Crippen LogP contribution in [-0.4, -0.2) is 40.8 Å². The molecule has 2 aliphatic rings. The molecule has 0 saturated heterocycles. The Morgan fingerprint density at radius 1 is 1.13 bits per heavy atom. The number of unbranched alkanes of at least 4 members (excludes halogenated alkanes) is 1. The monoisotopic (exact) mass is 422 g/mol. The van der Waals surface area contributed by atoms with Gasteiger partial charge in [-0.25, -0.2) is 0 Å². The summed E-state index contributed by atoms with van der Waals surface area (Å²) in [5.41, 5.74) is -4.51. The summed E-state index contributed by atoms with van der Waals surface area (Å²) in [4.78, 5) is 40.0. The van der Waals surface area contributed by atoms with Gasteiger partial charge in [-0.1, -0.05) is 45.4 Å². The molecule has 1 N–H and O–H groups in total. The largest absolute Gasteiger partial charge is 0.425 e. The second-order valence-electron chi connectivity index (χ2n) is 8.64. The van der Waals surface area contributed by atoms with Gasteiger partial charge in [0.05, 0.1) is 5.57 Å². The van der Waals surface area contributed by atoms with Crippen LogP contribution in [0.1, 0.15) is 56.8 Å².